The fraction of sp³-hybridized carbons (Fsp3) is 0.667. The van der Waals surface area contributed by atoms with E-state index in [1.165, 1.54) is 0 Å². The molecule has 35 heavy (non-hydrogen) atoms. The quantitative estimate of drug-likeness (QED) is 0.257. The Balaban J connectivity index is 0.00000289. The molecule has 0 aliphatic heterocycles. The van der Waals surface area contributed by atoms with Crippen LogP contribution in [0.25, 0.3) is 5.48 Å². The molecule has 1 unspecified atom stereocenters. The van der Waals surface area contributed by atoms with Gasteiger partial charge < -0.3 is 20.5 Å². The molecule has 1 N–H and O–H groups in total. The molecule has 2 aromatic rings. The zero-order valence-electron chi connectivity index (χ0n) is 20.4. The number of aromatic nitrogens is 4. The van der Waals surface area contributed by atoms with E-state index in [9.17, 15) is 4.79 Å². The van der Waals surface area contributed by atoms with E-state index in [2.05, 4.69) is 26.1 Å². The van der Waals surface area contributed by atoms with Gasteiger partial charge in [0.2, 0.25) is 5.88 Å². The van der Waals surface area contributed by atoms with Crippen LogP contribution in [0.15, 0.2) is 18.5 Å². The van der Waals surface area contributed by atoms with Gasteiger partial charge in [-0.25, -0.2) is 4.89 Å². The van der Waals surface area contributed by atoms with E-state index in [1.54, 1.807) is 24.2 Å². The molecule has 3 aliphatic rings. The molecular weight excluding hydrogens is 620 g/mol. The average Bonchev–Trinajstić information content (AvgIpc) is 3.67. The molecule has 0 radical (unpaired) electrons. The van der Waals surface area contributed by atoms with Gasteiger partial charge in [0, 0.05) is 44.7 Å². The van der Waals surface area contributed by atoms with Crippen LogP contribution in [0.5, 0.6) is 5.88 Å². The number of carbonyl (C=O) groups is 1. The molecule has 0 bridgehead atoms. The molecule has 3 fully saturated rings. The topological polar surface area (TPSA) is 114 Å². The molecule has 0 aromatic carbocycles. The van der Waals surface area contributed by atoms with Crippen molar-refractivity contribution in [3.63, 3.8) is 0 Å². The number of nitrogens with one attached hydrogen (secondary N) is 1. The van der Waals surface area contributed by atoms with Gasteiger partial charge in [0.1, 0.15) is 0 Å². The maximum Gasteiger partial charge on any atom is 0.257 e. The summed E-state index contributed by atoms with van der Waals surface area (Å²) in [5.74, 6) is 1.95. The van der Waals surface area contributed by atoms with Crippen molar-refractivity contribution in [1.29, 1.82) is 0 Å². The number of nitrogens with zero attached hydrogens (tertiary/aromatic N) is 5. The van der Waals surface area contributed by atoms with Crippen molar-refractivity contribution >= 4 is 11.6 Å². The molecule has 190 valence electrons. The molecule has 11 heteroatoms. The number of anilines is 1. The Bertz CT molecular complexity index is 994. The maximum atomic E-state index is 13.3. The fourth-order valence-corrected chi connectivity index (χ4v) is 4.48. The minimum atomic E-state index is -0.698. The summed E-state index contributed by atoms with van der Waals surface area (Å²) in [6, 6.07) is 2.00. The summed E-state index contributed by atoms with van der Waals surface area (Å²) < 4.78 is 7.14. The number of methoxy groups -OCH3 is 1. The van der Waals surface area contributed by atoms with Gasteiger partial charge >= 0.3 is 0 Å². The molecule has 1 amide bonds. The first-order valence-corrected chi connectivity index (χ1v) is 12.3. The second-order valence-corrected chi connectivity index (χ2v) is 10.0. The van der Waals surface area contributed by atoms with Crippen molar-refractivity contribution in [3.05, 3.63) is 35.2 Å². The van der Waals surface area contributed by atoms with Gasteiger partial charge in [-0.15, -0.1) is 11.1 Å². The summed E-state index contributed by atoms with van der Waals surface area (Å²) >= 11 is 0. The van der Waals surface area contributed by atoms with E-state index < -0.39 is 6.10 Å². The third-order valence-corrected chi connectivity index (χ3v) is 6.62. The Morgan fingerprint density at radius 3 is 2.49 bits per heavy atom. The number of ether oxygens (including phenoxy) is 1. The Morgan fingerprint density at radius 2 is 1.89 bits per heavy atom. The molecule has 0 spiro atoms. The van der Waals surface area contributed by atoms with Crippen molar-refractivity contribution in [2.75, 3.05) is 12.4 Å². The third kappa shape index (κ3) is 6.88. The molecule has 3 aliphatic carbocycles. The molecular formula is C24H33N6O4W-. The second kappa shape index (κ2) is 11.5. The molecule has 3 saturated carbocycles. The van der Waals surface area contributed by atoms with E-state index in [4.69, 9.17) is 14.6 Å². The van der Waals surface area contributed by atoms with Crippen LogP contribution < -0.4 is 10.1 Å². The number of hydrogen-bond donors (Lipinski definition) is 1. The molecule has 2 heterocycles. The van der Waals surface area contributed by atoms with Crippen LogP contribution >= 0.6 is 0 Å². The number of hydrogen-bond acceptors (Lipinski definition) is 7. The second-order valence-electron chi connectivity index (χ2n) is 10.0. The minimum Gasteiger partial charge on any atom is -0.498 e. The van der Waals surface area contributed by atoms with Gasteiger partial charge in [-0.1, -0.05) is 13.8 Å². The third-order valence-electron chi connectivity index (χ3n) is 6.62. The Morgan fingerprint density at radius 1 is 1.17 bits per heavy atom. The first-order valence-electron chi connectivity index (χ1n) is 12.3. The van der Waals surface area contributed by atoms with Gasteiger partial charge in [-0.2, -0.15) is 10.2 Å². The van der Waals surface area contributed by atoms with Crippen molar-refractivity contribution in [2.45, 2.75) is 77.0 Å². The number of rotatable bonds is 13. The summed E-state index contributed by atoms with van der Waals surface area (Å²) in [4.78, 5) is 24.0. The summed E-state index contributed by atoms with van der Waals surface area (Å²) in [6.07, 6.45) is 9.59. The summed E-state index contributed by atoms with van der Waals surface area (Å²) in [6.45, 7) is 4.26. The Kier molecular flexibility index (Phi) is 8.58. The van der Waals surface area contributed by atoms with Gasteiger partial charge in [0.25, 0.3) is 5.91 Å². The van der Waals surface area contributed by atoms with Crippen molar-refractivity contribution in [3.8, 4) is 5.88 Å². The Hall–Kier alpha value is -1.87. The van der Waals surface area contributed by atoms with E-state index in [0.29, 0.717) is 35.9 Å². The van der Waals surface area contributed by atoms with Crippen molar-refractivity contribution in [2.24, 2.45) is 17.8 Å². The average molecular weight is 653 g/mol. The molecule has 5 rings (SSSR count). The van der Waals surface area contributed by atoms with Crippen LogP contribution in [-0.4, -0.2) is 45.1 Å². The smallest absolute Gasteiger partial charge is 0.257 e. The normalized spacial score (nSPS) is 18.4. The van der Waals surface area contributed by atoms with Crippen LogP contribution in [0.3, 0.4) is 0 Å². The SMILES string of the molecule is COc1nnc(C2CC2)cc1Cn1cc(NC(=O)C(OO[N-]C(C)C)C(C2CC2)C2CC2)cn1.[W]. The predicted molar refractivity (Wildman–Crippen MR) is 124 cm³/mol. The van der Waals surface area contributed by atoms with E-state index >= 15 is 0 Å². The molecule has 1 atom stereocenters. The van der Waals surface area contributed by atoms with Crippen molar-refractivity contribution < 1.29 is 40.5 Å². The van der Waals surface area contributed by atoms with E-state index in [0.717, 1.165) is 49.8 Å². The van der Waals surface area contributed by atoms with Gasteiger partial charge in [-0.3, -0.25) is 9.48 Å². The standard InChI is InChI=1S/C24H33N6O4.W/c1-14(2)29-34-33-22(21(16-6-7-16)17-8-9-17)23(31)26-19-11-25-30(13-19)12-18-10-20(15-4-5-15)27-28-24(18)32-3;/h10-11,13-17,21-22H,4-9,12H2,1-3H3,(H,26,31);/q-1;. The number of amides is 1. The van der Waals surface area contributed by atoms with Crippen LogP contribution in [0.4, 0.5) is 5.69 Å². The summed E-state index contributed by atoms with van der Waals surface area (Å²) in [7, 11) is 1.59. The first-order chi connectivity index (χ1) is 16.5. The summed E-state index contributed by atoms with van der Waals surface area (Å²) in [5.41, 5.74) is 6.45. The van der Waals surface area contributed by atoms with Crippen molar-refractivity contribution in [1.82, 2.24) is 20.0 Å². The summed E-state index contributed by atoms with van der Waals surface area (Å²) in [5, 5.41) is 15.9. The van der Waals surface area contributed by atoms with Crippen LogP contribution in [0.1, 0.15) is 69.5 Å². The molecule has 2 aromatic heterocycles. The zero-order chi connectivity index (χ0) is 23.7. The van der Waals surface area contributed by atoms with Gasteiger partial charge in [0.15, 0.2) is 6.10 Å². The van der Waals surface area contributed by atoms with E-state index in [-0.39, 0.29) is 38.9 Å². The predicted octanol–water partition coefficient (Wildman–Crippen LogP) is 3.99. The monoisotopic (exact) mass is 653 g/mol. The van der Waals surface area contributed by atoms with Gasteiger partial charge in [-0.05, 0) is 56.4 Å². The van der Waals surface area contributed by atoms with Crippen LogP contribution in [-0.2, 0) is 42.3 Å². The van der Waals surface area contributed by atoms with Crippen LogP contribution in [0, 0.1) is 17.8 Å². The largest absolute Gasteiger partial charge is 0.498 e. The zero-order valence-corrected chi connectivity index (χ0v) is 23.4. The molecule has 0 saturated heterocycles. The first kappa shape index (κ1) is 26.2. The van der Waals surface area contributed by atoms with Gasteiger partial charge in [0.05, 0.1) is 31.2 Å². The number of carbonyl (C=O) groups excluding carboxylic acids is 1. The Labute approximate surface area is 220 Å². The van der Waals surface area contributed by atoms with Crippen LogP contribution in [0.2, 0.25) is 0 Å². The van der Waals surface area contributed by atoms with E-state index in [1.807, 2.05) is 19.9 Å². The minimum absolute atomic E-state index is 0. The fourth-order valence-electron chi connectivity index (χ4n) is 4.48. The molecule has 10 nitrogen and oxygen atoms in total. The maximum absolute atomic E-state index is 13.3. The number of hydroxylamine groups is 1.